The van der Waals surface area contributed by atoms with Gasteiger partial charge in [-0.15, -0.1) is 11.3 Å². The van der Waals surface area contributed by atoms with Crippen molar-refractivity contribution < 1.29 is 36.7 Å². The first kappa shape index (κ1) is 46.0. The van der Waals surface area contributed by atoms with Gasteiger partial charge < -0.3 is 25.0 Å². The van der Waals surface area contributed by atoms with E-state index in [1.54, 1.807) is 7.11 Å². The summed E-state index contributed by atoms with van der Waals surface area (Å²) in [5, 5.41) is 9.22. The number of amides is 3. The number of carbonyl (C=O) groups excluding carboxylic acids is 3. The molecule has 5 atom stereocenters. The summed E-state index contributed by atoms with van der Waals surface area (Å²) in [6.07, 6.45) is 7.81. The highest BCUT2D eigenvalue weighted by Crippen LogP contribution is 2.46. The largest absolute Gasteiger partial charge is 0.496 e. The Balaban J connectivity index is 1.16. The minimum Gasteiger partial charge on any atom is -0.496 e. The predicted molar refractivity (Wildman–Crippen MR) is 246 cm³/mol. The summed E-state index contributed by atoms with van der Waals surface area (Å²) < 4.78 is 57.5. The van der Waals surface area contributed by atoms with E-state index in [4.69, 9.17) is 42.6 Å². The molecule has 4 aromatic rings. The molecule has 4 aliphatic rings. The van der Waals surface area contributed by atoms with E-state index >= 15 is 0 Å². The van der Waals surface area contributed by atoms with E-state index < -0.39 is 63.4 Å². The molecule has 342 valence electrons. The number of pyridine rings is 1. The molecule has 3 amide bonds. The molecule has 8 rings (SSSR count). The van der Waals surface area contributed by atoms with Crippen LogP contribution < -0.4 is 24.8 Å². The Morgan fingerprint density at radius 1 is 1.06 bits per heavy atom. The first-order valence-corrected chi connectivity index (χ1v) is 24.8. The average molecular weight is 957 g/mol. The Hall–Kier alpha value is -4.55. The van der Waals surface area contributed by atoms with E-state index in [-0.39, 0.29) is 41.0 Å². The van der Waals surface area contributed by atoms with Gasteiger partial charge in [0.2, 0.25) is 11.8 Å². The molecule has 2 aromatic heterocycles. The van der Waals surface area contributed by atoms with Crippen molar-refractivity contribution in [2.75, 3.05) is 32.1 Å². The quantitative estimate of drug-likeness (QED) is 0.105. The molecular weight excluding hydrogens is 905 g/mol. The number of aryl methyl sites for hydroxylation is 1. The van der Waals surface area contributed by atoms with Crippen LogP contribution in [0.2, 0.25) is 10.0 Å². The summed E-state index contributed by atoms with van der Waals surface area (Å²) >= 11 is 13.8. The van der Waals surface area contributed by atoms with Gasteiger partial charge in [0.05, 0.1) is 34.9 Å². The minimum atomic E-state index is -4.17. The molecule has 3 N–H and O–H groups in total. The first-order valence-electron chi connectivity index (χ1n) is 21.7. The molecule has 0 bridgehead atoms. The van der Waals surface area contributed by atoms with Gasteiger partial charge in [0.15, 0.2) is 0 Å². The van der Waals surface area contributed by atoms with Gasteiger partial charge in [-0.2, -0.15) is 12.7 Å². The van der Waals surface area contributed by atoms with E-state index in [1.165, 1.54) is 32.7 Å². The van der Waals surface area contributed by atoms with Gasteiger partial charge >= 0.3 is 10.2 Å². The SMILES string of the molecule is COc1ccc2c(O[C@@H]3C[C@H]4C(=O)N[C@]5(C(=O)NS(=O)(=O)N6CCCC6)C[C@@H]5/C=C\CCCCC[C@H](Nc5cc(F)c(Cl)c(Cl)c5)C(=O)N4C3)cc(-c3nc(C(C)C)cs3)nc2c1C. The number of hydrogen-bond acceptors (Lipinski definition) is 11. The standard InChI is InChI=1S/C45H52Cl2FN7O7S2/c1-25(2)35-24-63-42(51-35)34-21-38(30-14-15-37(61-4)26(3)40(30)50-34)62-29-20-36-41(56)52-45(44(58)53-64(59,60)54-16-10-11-17-54)22-27(45)12-8-6-5-7-9-13-33(43(57)55(36)23-29)49-28-18-31(46)39(47)32(48)19-28/h8,12,14-15,18-19,21,24-25,27,29,33,36,49H,5-7,9-11,13,16-17,20,22-23H2,1-4H3,(H,52,56)(H,53,58)/b12-8-/t27-,29+,33-,36-,45+/m0/s1. The fraction of sp³-hybridized carbons (Fsp3) is 0.489. The molecule has 1 aliphatic carbocycles. The van der Waals surface area contributed by atoms with Crippen molar-refractivity contribution in [1.29, 1.82) is 0 Å². The zero-order chi connectivity index (χ0) is 45.5. The number of halogens is 3. The Labute approximate surface area is 386 Å². The monoisotopic (exact) mass is 955 g/mol. The molecule has 3 fully saturated rings. The number of nitrogens with zero attached hydrogens (tertiary/aromatic N) is 4. The molecule has 0 spiro atoms. The molecular formula is C45H52Cl2FN7O7S2. The van der Waals surface area contributed by atoms with Gasteiger partial charge in [-0.25, -0.2) is 19.1 Å². The Bertz CT molecular complexity index is 2580. The number of benzene rings is 2. The molecule has 19 heteroatoms. The number of methoxy groups -OCH3 is 1. The highest BCUT2D eigenvalue weighted by atomic mass is 35.5. The lowest BCUT2D eigenvalue weighted by Gasteiger charge is -2.30. The van der Waals surface area contributed by atoms with Crippen molar-refractivity contribution in [2.45, 2.75) is 108 Å². The first-order chi connectivity index (χ1) is 30.6. The zero-order valence-electron chi connectivity index (χ0n) is 36.1. The molecule has 2 aromatic carbocycles. The normalized spacial score (nSPS) is 25.0. The topological polar surface area (TPSA) is 172 Å². The molecule has 14 nitrogen and oxygen atoms in total. The fourth-order valence-electron chi connectivity index (χ4n) is 8.86. The van der Waals surface area contributed by atoms with Gasteiger partial charge in [0.25, 0.3) is 5.91 Å². The highest BCUT2D eigenvalue weighted by molar-refractivity contribution is 7.87. The van der Waals surface area contributed by atoms with Crippen LogP contribution in [0.15, 0.2) is 47.9 Å². The molecule has 0 unspecified atom stereocenters. The number of rotatable bonds is 10. The van der Waals surface area contributed by atoms with Gasteiger partial charge in [-0.05, 0) is 75.6 Å². The van der Waals surface area contributed by atoms with Crippen LogP contribution >= 0.6 is 34.5 Å². The van der Waals surface area contributed by atoms with E-state index in [0.717, 1.165) is 24.1 Å². The van der Waals surface area contributed by atoms with Gasteiger partial charge in [-0.1, -0.05) is 62.0 Å². The lowest BCUT2D eigenvalue weighted by Crippen LogP contribution is -2.58. The molecule has 0 radical (unpaired) electrons. The number of fused-ring (bicyclic) bond motifs is 3. The third-order valence-corrected chi connectivity index (χ3v) is 15.7. The van der Waals surface area contributed by atoms with Crippen molar-refractivity contribution in [3.8, 4) is 22.2 Å². The number of allylic oxidation sites excluding steroid dienone is 1. The van der Waals surface area contributed by atoms with Crippen molar-refractivity contribution in [2.24, 2.45) is 5.92 Å². The smallest absolute Gasteiger partial charge is 0.303 e. The molecule has 1 saturated carbocycles. The minimum absolute atomic E-state index is 0.0268. The van der Waals surface area contributed by atoms with E-state index in [9.17, 15) is 27.2 Å². The lowest BCUT2D eigenvalue weighted by atomic mass is 10.0. The molecule has 3 aliphatic heterocycles. The second kappa shape index (κ2) is 18.7. The van der Waals surface area contributed by atoms with Crippen molar-refractivity contribution in [3.63, 3.8) is 0 Å². The van der Waals surface area contributed by atoms with Crippen molar-refractivity contribution in [1.82, 2.24) is 29.2 Å². The third-order valence-electron chi connectivity index (χ3n) is 12.6. The maximum atomic E-state index is 15.0. The summed E-state index contributed by atoms with van der Waals surface area (Å²) in [6, 6.07) is 6.05. The van der Waals surface area contributed by atoms with Crippen molar-refractivity contribution in [3.05, 3.63) is 75.0 Å². The maximum Gasteiger partial charge on any atom is 0.303 e. The Morgan fingerprint density at radius 3 is 2.56 bits per heavy atom. The number of ether oxygens (including phenoxy) is 2. The second-order valence-corrected chi connectivity index (χ2v) is 20.7. The number of carbonyl (C=O) groups is 3. The van der Waals surface area contributed by atoms with Crippen LogP contribution in [0, 0.1) is 18.7 Å². The lowest BCUT2D eigenvalue weighted by molar-refractivity contribution is -0.140. The number of nitrogens with one attached hydrogen (secondary N) is 3. The number of thiazole rings is 1. The number of hydrogen-bond donors (Lipinski definition) is 3. The van der Waals surface area contributed by atoms with E-state index in [1.807, 2.05) is 42.7 Å². The van der Waals surface area contributed by atoms with Gasteiger partial charge in [0, 0.05) is 53.5 Å². The molecule has 2 saturated heterocycles. The van der Waals surface area contributed by atoms with E-state index in [0.29, 0.717) is 78.3 Å². The highest BCUT2D eigenvalue weighted by Gasteiger charge is 2.62. The van der Waals surface area contributed by atoms with Crippen LogP contribution in [0.5, 0.6) is 11.5 Å². The van der Waals surface area contributed by atoms with Crippen LogP contribution in [-0.4, -0.2) is 95.8 Å². The summed E-state index contributed by atoms with van der Waals surface area (Å²) in [7, 11) is -2.58. The van der Waals surface area contributed by atoms with Crippen LogP contribution in [0.25, 0.3) is 21.6 Å². The van der Waals surface area contributed by atoms with Gasteiger partial charge in [0.1, 0.15) is 51.7 Å². The van der Waals surface area contributed by atoms with Crippen molar-refractivity contribution >= 4 is 79.1 Å². The molecule has 5 heterocycles. The third kappa shape index (κ3) is 9.41. The molecule has 64 heavy (non-hydrogen) atoms. The van der Waals surface area contributed by atoms with Crippen LogP contribution in [0.1, 0.15) is 88.8 Å². The number of aromatic nitrogens is 2. The average Bonchev–Trinajstić information content (AvgIpc) is 3.77. The van der Waals surface area contributed by atoms with Crippen LogP contribution in [-0.2, 0) is 24.6 Å². The Kier molecular flexibility index (Phi) is 13.5. The summed E-state index contributed by atoms with van der Waals surface area (Å²) in [5.41, 5.74) is 1.60. The predicted octanol–water partition coefficient (Wildman–Crippen LogP) is 7.93. The maximum absolute atomic E-state index is 15.0. The van der Waals surface area contributed by atoms with Crippen LogP contribution in [0.3, 0.4) is 0 Å². The van der Waals surface area contributed by atoms with Gasteiger partial charge in [-0.3, -0.25) is 14.4 Å². The Morgan fingerprint density at radius 2 is 1.84 bits per heavy atom. The fourth-order valence-corrected chi connectivity index (χ4v) is 11.4. The summed E-state index contributed by atoms with van der Waals surface area (Å²) in [4.78, 5) is 55.2. The summed E-state index contributed by atoms with van der Waals surface area (Å²) in [5.74, 6) is -1.85. The second-order valence-electron chi connectivity index (χ2n) is 17.3. The number of anilines is 1. The van der Waals surface area contributed by atoms with Crippen LogP contribution in [0.4, 0.5) is 10.1 Å². The summed E-state index contributed by atoms with van der Waals surface area (Å²) in [6.45, 7) is 6.60. The zero-order valence-corrected chi connectivity index (χ0v) is 39.2. The van der Waals surface area contributed by atoms with E-state index in [2.05, 4.69) is 29.2 Å².